The van der Waals surface area contributed by atoms with Gasteiger partial charge in [-0.25, -0.2) is 0 Å². The van der Waals surface area contributed by atoms with E-state index >= 15 is 0 Å². The summed E-state index contributed by atoms with van der Waals surface area (Å²) >= 11 is 1.98. The minimum atomic E-state index is 0.610. The van der Waals surface area contributed by atoms with E-state index in [2.05, 4.69) is 43.0 Å². The summed E-state index contributed by atoms with van der Waals surface area (Å²) in [5, 5.41) is 0.610. The fraction of sp³-hybridized carbons (Fsp3) is 0.500. The van der Waals surface area contributed by atoms with E-state index in [9.17, 15) is 0 Å². The van der Waals surface area contributed by atoms with E-state index < -0.39 is 0 Å². The van der Waals surface area contributed by atoms with Gasteiger partial charge in [-0.1, -0.05) is 37.2 Å². The van der Waals surface area contributed by atoms with Gasteiger partial charge in [0.2, 0.25) is 0 Å². The van der Waals surface area contributed by atoms with Gasteiger partial charge in [-0.2, -0.15) is 0 Å². The molecule has 1 nitrogen and oxygen atoms in total. The summed E-state index contributed by atoms with van der Waals surface area (Å²) in [6.45, 7) is 5.74. The van der Waals surface area contributed by atoms with Crippen molar-refractivity contribution in [3.8, 4) is 0 Å². The van der Waals surface area contributed by atoms with Gasteiger partial charge in [0.25, 0.3) is 0 Å². The molecule has 2 heteroatoms. The first-order valence-electron chi connectivity index (χ1n) is 5.35. The van der Waals surface area contributed by atoms with Gasteiger partial charge in [-0.15, -0.1) is 0 Å². The highest BCUT2D eigenvalue weighted by Crippen LogP contribution is 2.42. The van der Waals surface area contributed by atoms with Crippen LogP contribution in [0.3, 0.4) is 0 Å². The van der Waals surface area contributed by atoms with Crippen LogP contribution in [-0.2, 0) is 0 Å². The normalized spacial score (nSPS) is 19.9. The SMILES string of the molecule is CCCCN1c2ccccc2SC1C. The second-order valence-corrected chi connectivity index (χ2v) is 5.09. The maximum Gasteiger partial charge on any atom is 0.0769 e. The van der Waals surface area contributed by atoms with Crippen LogP contribution < -0.4 is 4.90 Å². The molecule has 76 valence electrons. The first-order chi connectivity index (χ1) is 6.83. The molecular formula is C12H17NS. The van der Waals surface area contributed by atoms with Crippen molar-refractivity contribution in [2.75, 3.05) is 11.4 Å². The summed E-state index contributed by atoms with van der Waals surface area (Å²) in [6, 6.07) is 8.72. The Kier molecular flexibility index (Phi) is 3.02. The zero-order valence-corrected chi connectivity index (χ0v) is 9.68. The molecule has 1 unspecified atom stereocenters. The summed E-state index contributed by atoms with van der Waals surface area (Å²) in [4.78, 5) is 3.96. The van der Waals surface area contributed by atoms with Gasteiger partial charge in [0.15, 0.2) is 0 Å². The minimum Gasteiger partial charge on any atom is -0.359 e. The number of benzene rings is 1. The van der Waals surface area contributed by atoms with E-state index in [1.807, 2.05) is 11.8 Å². The van der Waals surface area contributed by atoms with Crippen molar-refractivity contribution in [2.24, 2.45) is 0 Å². The molecule has 0 bridgehead atoms. The average molecular weight is 207 g/mol. The molecule has 1 aliphatic rings. The van der Waals surface area contributed by atoms with Gasteiger partial charge in [-0.3, -0.25) is 0 Å². The number of nitrogens with zero attached hydrogens (tertiary/aromatic N) is 1. The van der Waals surface area contributed by atoms with Crippen molar-refractivity contribution >= 4 is 17.4 Å². The third-order valence-corrected chi connectivity index (χ3v) is 3.86. The van der Waals surface area contributed by atoms with E-state index in [4.69, 9.17) is 0 Å². The molecule has 0 spiro atoms. The van der Waals surface area contributed by atoms with E-state index in [1.165, 1.54) is 30.0 Å². The Hall–Kier alpha value is -0.630. The zero-order valence-electron chi connectivity index (χ0n) is 8.86. The summed E-state index contributed by atoms with van der Waals surface area (Å²) < 4.78 is 0. The van der Waals surface area contributed by atoms with Crippen LogP contribution in [0.25, 0.3) is 0 Å². The number of thioether (sulfide) groups is 1. The topological polar surface area (TPSA) is 3.24 Å². The van der Waals surface area contributed by atoms with E-state index in [0.717, 1.165) is 0 Å². The van der Waals surface area contributed by atoms with Crippen molar-refractivity contribution in [3.63, 3.8) is 0 Å². The number of hydrogen-bond donors (Lipinski definition) is 0. The molecule has 0 radical (unpaired) electrons. The monoisotopic (exact) mass is 207 g/mol. The second-order valence-electron chi connectivity index (χ2n) is 3.73. The van der Waals surface area contributed by atoms with Gasteiger partial charge in [0.05, 0.1) is 11.1 Å². The summed E-state index contributed by atoms with van der Waals surface area (Å²) in [7, 11) is 0. The van der Waals surface area contributed by atoms with E-state index in [1.54, 1.807) is 0 Å². The summed E-state index contributed by atoms with van der Waals surface area (Å²) in [5.41, 5.74) is 1.43. The van der Waals surface area contributed by atoms with Crippen molar-refractivity contribution in [2.45, 2.75) is 37.0 Å². The maximum absolute atomic E-state index is 2.52. The first kappa shape index (κ1) is 9.91. The van der Waals surface area contributed by atoms with Crippen molar-refractivity contribution < 1.29 is 0 Å². The number of rotatable bonds is 3. The Labute approximate surface area is 90.5 Å². The molecule has 0 N–H and O–H groups in total. The van der Waals surface area contributed by atoms with Crippen molar-refractivity contribution in [1.29, 1.82) is 0 Å². The third kappa shape index (κ3) is 1.76. The Morgan fingerprint density at radius 3 is 2.93 bits per heavy atom. The maximum atomic E-state index is 2.52. The van der Waals surface area contributed by atoms with Crippen LogP contribution in [0.2, 0.25) is 0 Å². The van der Waals surface area contributed by atoms with Gasteiger partial charge < -0.3 is 4.90 Å². The predicted molar refractivity (Wildman–Crippen MR) is 64.0 cm³/mol. The van der Waals surface area contributed by atoms with Gasteiger partial charge in [0.1, 0.15) is 0 Å². The fourth-order valence-electron chi connectivity index (χ4n) is 1.87. The van der Waals surface area contributed by atoms with Crippen LogP contribution in [0.5, 0.6) is 0 Å². The quantitative estimate of drug-likeness (QED) is 0.742. The molecule has 0 amide bonds. The molecule has 1 aromatic rings. The van der Waals surface area contributed by atoms with Crippen molar-refractivity contribution in [1.82, 2.24) is 0 Å². The van der Waals surface area contributed by atoms with Crippen LogP contribution in [0.1, 0.15) is 26.7 Å². The molecule has 1 aliphatic heterocycles. The van der Waals surface area contributed by atoms with Gasteiger partial charge in [-0.05, 0) is 25.5 Å². The molecule has 14 heavy (non-hydrogen) atoms. The van der Waals surface area contributed by atoms with Gasteiger partial charge in [0, 0.05) is 11.4 Å². The Morgan fingerprint density at radius 1 is 1.36 bits per heavy atom. The lowest BCUT2D eigenvalue weighted by molar-refractivity contribution is 0.718. The molecule has 1 atom stereocenters. The molecule has 0 aromatic heterocycles. The van der Waals surface area contributed by atoms with Crippen LogP contribution >= 0.6 is 11.8 Å². The Balaban J connectivity index is 2.17. The third-order valence-electron chi connectivity index (χ3n) is 2.66. The van der Waals surface area contributed by atoms with E-state index in [-0.39, 0.29) is 0 Å². The number of unbranched alkanes of at least 4 members (excludes halogenated alkanes) is 1. The molecule has 2 rings (SSSR count). The molecular weight excluding hydrogens is 190 g/mol. The number of hydrogen-bond acceptors (Lipinski definition) is 2. The molecule has 0 fully saturated rings. The van der Waals surface area contributed by atoms with Gasteiger partial charge >= 0.3 is 0 Å². The minimum absolute atomic E-state index is 0.610. The lowest BCUT2D eigenvalue weighted by Crippen LogP contribution is -2.27. The van der Waals surface area contributed by atoms with Crippen LogP contribution in [0.4, 0.5) is 5.69 Å². The molecule has 0 aliphatic carbocycles. The van der Waals surface area contributed by atoms with Crippen LogP contribution in [-0.4, -0.2) is 11.9 Å². The number of para-hydroxylation sites is 1. The lowest BCUT2D eigenvalue weighted by Gasteiger charge is -2.23. The highest BCUT2D eigenvalue weighted by Gasteiger charge is 2.25. The largest absolute Gasteiger partial charge is 0.359 e. The second kappa shape index (κ2) is 4.26. The Bertz CT molecular complexity index is 311. The first-order valence-corrected chi connectivity index (χ1v) is 6.23. The molecule has 1 heterocycles. The Morgan fingerprint density at radius 2 is 2.14 bits per heavy atom. The highest BCUT2D eigenvalue weighted by molar-refractivity contribution is 8.00. The summed E-state index contributed by atoms with van der Waals surface area (Å²) in [5.74, 6) is 0. The molecule has 1 aromatic carbocycles. The fourth-order valence-corrected chi connectivity index (χ4v) is 3.04. The standard InChI is InChI=1S/C12H17NS/c1-3-4-9-13-10(2)14-12-8-6-5-7-11(12)13/h5-8,10H,3-4,9H2,1-2H3. The van der Waals surface area contributed by atoms with Crippen LogP contribution in [0, 0.1) is 0 Å². The summed E-state index contributed by atoms with van der Waals surface area (Å²) in [6.07, 6.45) is 2.56. The molecule has 0 saturated heterocycles. The zero-order chi connectivity index (χ0) is 9.97. The number of anilines is 1. The number of fused-ring (bicyclic) bond motifs is 1. The lowest BCUT2D eigenvalue weighted by atomic mass is 10.2. The smallest absolute Gasteiger partial charge is 0.0769 e. The average Bonchev–Trinajstić information content (AvgIpc) is 2.51. The van der Waals surface area contributed by atoms with E-state index in [0.29, 0.717) is 5.37 Å². The van der Waals surface area contributed by atoms with Crippen molar-refractivity contribution in [3.05, 3.63) is 24.3 Å². The predicted octanol–water partition coefficient (Wildman–Crippen LogP) is 3.74. The highest BCUT2D eigenvalue weighted by atomic mass is 32.2. The van der Waals surface area contributed by atoms with Crippen LogP contribution in [0.15, 0.2) is 29.2 Å². The molecule has 0 saturated carbocycles.